The van der Waals surface area contributed by atoms with Crippen molar-refractivity contribution < 1.29 is 0 Å². The number of nitrogens with two attached hydrogens (primary N) is 1. The topological polar surface area (TPSA) is 123 Å². The van der Waals surface area contributed by atoms with Crippen LogP contribution in [0.1, 0.15) is 19.2 Å². The Morgan fingerprint density at radius 3 is 2.65 bits per heavy atom. The first kappa shape index (κ1) is 20.6. The van der Waals surface area contributed by atoms with Crippen molar-refractivity contribution >= 4 is 29.0 Å². The highest BCUT2D eigenvalue weighted by molar-refractivity contribution is 6.33. The van der Waals surface area contributed by atoms with Crippen LogP contribution in [0.25, 0.3) is 11.2 Å². The van der Waals surface area contributed by atoms with Crippen LogP contribution in [-0.4, -0.2) is 35.3 Å². The monoisotopic (exact) mass is 439 g/mol. The summed E-state index contributed by atoms with van der Waals surface area (Å²) in [5.41, 5.74) is 6.51. The van der Waals surface area contributed by atoms with Crippen LogP contribution in [0.3, 0.4) is 0 Å². The van der Waals surface area contributed by atoms with E-state index in [-0.39, 0.29) is 23.7 Å². The maximum absolute atomic E-state index is 13.4. The third-order valence-corrected chi connectivity index (χ3v) is 5.19. The van der Waals surface area contributed by atoms with Gasteiger partial charge in [0.1, 0.15) is 5.52 Å². The smallest absolute Gasteiger partial charge is 0.284 e. The standard InChI is InChI=1S/C20H22ClN9O/c1-3-10-28(20-25-18(22)24-19(23)27(20)2)12-15-26-29-11-9-14(21)16(29)17(31)30(15)13-7-5-4-6-8-13/h4-9,11H,3,10,12H2,1-2H3,(H3,22,23,24). The van der Waals surface area contributed by atoms with E-state index in [2.05, 4.69) is 15.1 Å². The van der Waals surface area contributed by atoms with Crippen molar-refractivity contribution in [3.05, 3.63) is 69.4 Å². The second-order valence-electron chi connectivity index (χ2n) is 7.04. The number of benzene rings is 1. The molecule has 11 heteroatoms. The Morgan fingerprint density at radius 1 is 1.19 bits per heavy atom. The number of rotatable bonds is 6. The maximum atomic E-state index is 13.4. The summed E-state index contributed by atoms with van der Waals surface area (Å²) in [5, 5.41) is 13.1. The van der Waals surface area contributed by atoms with Gasteiger partial charge in [-0.1, -0.05) is 36.7 Å². The Labute approximate surface area is 182 Å². The molecular weight excluding hydrogens is 418 g/mol. The first-order valence-corrected chi connectivity index (χ1v) is 10.1. The predicted molar refractivity (Wildman–Crippen MR) is 118 cm³/mol. The number of nitrogens with zero attached hydrogens (tertiary/aromatic N) is 7. The molecule has 10 nitrogen and oxygen atoms in total. The van der Waals surface area contributed by atoms with Crippen molar-refractivity contribution in [1.82, 2.24) is 28.7 Å². The molecule has 1 aromatic carbocycles. The molecule has 3 aromatic heterocycles. The molecule has 0 aliphatic heterocycles. The Kier molecular flexibility index (Phi) is 5.47. The number of nitrogens with one attached hydrogen (secondary N) is 1. The van der Waals surface area contributed by atoms with Gasteiger partial charge in [-0.05, 0) is 24.6 Å². The lowest BCUT2D eigenvalue weighted by Gasteiger charge is -2.26. The van der Waals surface area contributed by atoms with E-state index in [4.69, 9.17) is 22.7 Å². The van der Waals surface area contributed by atoms with E-state index in [1.165, 1.54) is 4.52 Å². The first-order chi connectivity index (χ1) is 14.9. The quantitative estimate of drug-likeness (QED) is 0.471. The average molecular weight is 440 g/mol. The highest BCUT2D eigenvalue weighted by Crippen LogP contribution is 2.19. The Bertz CT molecular complexity index is 1360. The molecular formula is C20H22ClN9O. The van der Waals surface area contributed by atoms with Crippen molar-refractivity contribution in [3.8, 4) is 5.69 Å². The molecule has 0 amide bonds. The summed E-state index contributed by atoms with van der Waals surface area (Å²) in [6.45, 7) is 2.90. The lowest BCUT2D eigenvalue weighted by Crippen LogP contribution is -2.36. The molecule has 0 saturated heterocycles. The lowest BCUT2D eigenvalue weighted by atomic mass is 10.3. The van der Waals surface area contributed by atoms with E-state index >= 15 is 0 Å². The summed E-state index contributed by atoms with van der Waals surface area (Å²) < 4.78 is 4.59. The number of fused-ring (bicyclic) bond motifs is 1. The largest absolute Gasteiger partial charge is 0.368 e. The molecule has 160 valence electrons. The van der Waals surface area contributed by atoms with Gasteiger partial charge in [0.05, 0.1) is 17.3 Å². The molecule has 0 saturated carbocycles. The number of halogens is 1. The minimum absolute atomic E-state index is 0.00958. The van der Waals surface area contributed by atoms with E-state index in [1.54, 1.807) is 28.4 Å². The van der Waals surface area contributed by atoms with Gasteiger partial charge in [-0.2, -0.15) is 15.1 Å². The normalized spacial score (nSPS) is 11.2. The van der Waals surface area contributed by atoms with Crippen molar-refractivity contribution in [2.45, 2.75) is 19.9 Å². The van der Waals surface area contributed by atoms with Crippen LogP contribution in [0.5, 0.6) is 0 Å². The number of aromatic nitrogens is 6. The average Bonchev–Trinajstić information content (AvgIpc) is 3.12. The van der Waals surface area contributed by atoms with Crippen LogP contribution in [0, 0.1) is 5.41 Å². The molecule has 3 N–H and O–H groups in total. The SMILES string of the molecule is CCCN(Cc1nn2ccc(Cl)c2c(=O)n1-c1ccccc1)c1nc(N)nc(=N)n1C. The molecule has 0 spiro atoms. The fourth-order valence-electron chi connectivity index (χ4n) is 3.47. The summed E-state index contributed by atoms with van der Waals surface area (Å²) in [4.78, 5) is 23.5. The molecule has 0 aliphatic carbocycles. The summed E-state index contributed by atoms with van der Waals surface area (Å²) in [5.74, 6) is 0.979. The van der Waals surface area contributed by atoms with Crippen LogP contribution in [0.15, 0.2) is 47.4 Å². The predicted octanol–water partition coefficient (Wildman–Crippen LogP) is 1.75. The van der Waals surface area contributed by atoms with Crippen molar-refractivity contribution in [2.75, 3.05) is 17.2 Å². The maximum Gasteiger partial charge on any atom is 0.284 e. The fourth-order valence-corrected chi connectivity index (χ4v) is 3.70. The first-order valence-electron chi connectivity index (χ1n) is 9.75. The van der Waals surface area contributed by atoms with Crippen molar-refractivity contribution in [3.63, 3.8) is 0 Å². The van der Waals surface area contributed by atoms with Crippen LogP contribution >= 0.6 is 11.6 Å². The summed E-state index contributed by atoms with van der Waals surface area (Å²) in [7, 11) is 1.70. The molecule has 3 heterocycles. The van der Waals surface area contributed by atoms with E-state index < -0.39 is 0 Å². The van der Waals surface area contributed by atoms with E-state index in [0.29, 0.717) is 34.5 Å². The van der Waals surface area contributed by atoms with E-state index in [0.717, 1.165) is 6.42 Å². The van der Waals surface area contributed by atoms with Gasteiger partial charge in [-0.25, -0.2) is 4.52 Å². The van der Waals surface area contributed by atoms with E-state index in [1.807, 2.05) is 42.2 Å². The number of anilines is 2. The third kappa shape index (κ3) is 3.77. The second-order valence-corrected chi connectivity index (χ2v) is 7.44. The molecule has 0 fully saturated rings. The molecule has 0 unspecified atom stereocenters. The molecule has 4 aromatic rings. The van der Waals surface area contributed by atoms with Gasteiger partial charge in [0.15, 0.2) is 5.82 Å². The minimum atomic E-state index is -0.268. The zero-order valence-corrected chi connectivity index (χ0v) is 17.9. The summed E-state index contributed by atoms with van der Waals surface area (Å²) in [6, 6.07) is 10.9. The molecule has 4 rings (SSSR count). The van der Waals surface area contributed by atoms with Gasteiger partial charge in [-0.15, -0.1) is 0 Å². The molecule has 31 heavy (non-hydrogen) atoms. The zero-order chi connectivity index (χ0) is 22.1. The Balaban J connectivity index is 1.92. The van der Waals surface area contributed by atoms with Crippen LogP contribution in [0.4, 0.5) is 11.9 Å². The number of nitrogen functional groups attached to an aromatic ring is 1. The molecule has 0 atom stereocenters. The lowest BCUT2D eigenvalue weighted by molar-refractivity contribution is 0.625. The zero-order valence-electron chi connectivity index (χ0n) is 17.2. The molecule has 0 aliphatic rings. The Morgan fingerprint density at radius 2 is 1.94 bits per heavy atom. The van der Waals surface area contributed by atoms with Crippen LogP contribution in [0.2, 0.25) is 5.02 Å². The number of hydrogen-bond donors (Lipinski definition) is 2. The number of hydrogen-bond acceptors (Lipinski definition) is 7. The summed E-state index contributed by atoms with van der Waals surface area (Å²) >= 11 is 6.26. The van der Waals surface area contributed by atoms with Gasteiger partial charge in [0, 0.05) is 19.8 Å². The van der Waals surface area contributed by atoms with Crippen molar-refractivity contribution in [1.29, 1.82) is 5.41 Å². The second kappa shape index (κ2) is 8.23. The minimum Gasteiger partial charge on any atom is -0.368 e. The highest BCUT2D eigenvalue weighted by atomic mass is 35.5. The highest BCUT2D eigenvalue weighted by Gasteiger charge is 2.20. The van der Waals surface area contributed by atoms with Crippen LogP contribution < -0.4 is 21.8 Å². The summed E-state index contributed by atoms with van der Waals surface area (Å²) in [6.07, 6.45) is 2.47. The molecule has 0 radical (unpaired) electrons. The van der Waals surface area contributed by atoms with Gasteiger partial charge in [-0.3, -0.25) is 19.3 Å². The Hall–Kier alpha value is -3.66. The molecule has 0 bridgehead atoms. The van der Waals surface area contributed by atoms with Gasteiger partial charge < -0.3 is 10.6 Å². The third-order valence-electron chi connectivity index (χ3n) is 4.88. The van der Waals surface area contributed by atoms with E-state index in [9.17, 15) is 4.79 Å². The van der Waals surface area contributed by atoms with Crippen LogP contribution in [-0.2, 0) is 13.6 Å². The van der Waals surface area contributed by atoms with Gasteiger partial charge in [0.2, 0.25) is 17.5 Å². The van der Waals surface area contributed by atoms with Gasteiger partial charge in [0.25, 0.3) is 5.56 Å². The van der Waals surface area contributed by atoms with Gasteiger partial charge >= 0.3 is 0 Å². The number of para-hydroxylation sites is 1. The van der Waals surface area contributed by atoms with Crippen molar-refractivity contribution in [2.24, 2.45) is 7.05 Å². The fraction of sp³-hybridized carbons (Fsp3) is 0.250.